The zero-order valence-electron chi connectivity index (χ0n) is 8.98. The molecule has 86 valence electrons. The van der Waals surface area contributed by atoms with Gasteiger partial charge in [-0.3, -0.25) is 0 Å². The fourth-order valence-corrected chi connectivity index (χ4v) is 1.76. The second kappa shape index (κ2) is 4.05. The molecule has 0 aliphatic carbocycles. The van der Waals surface area contributed by atoms with Crippen LogP contribution >= 0.6 is 11.6 Å². The number of nitrogens with zero attached hydrogens (tertiary/aromatic N) is 1. The minimum atomic E-state index is -1.51. The zero-order valence-corrected chi connectivity index (χ0v) is 9.73. The van der Waals surface area contributed by atoms with Crippen LogP contribution in [0.1, 0.15) is 18.6 Å². The SMILES string of the molecule is COC1(O)C(C)=NOC1c1ccc(Cl)cc1. The lowest BCUT2D eigenvalue weighted by molar-refractivity contribution is -0.191. The summed E-state index contributed by atoms with van der Waals surface area (Å²) in [6.07, 6.45) is -0.658. The highest BCUT2D eigenvalue weighted by Gasteiger charge is 2.48. The van der Waals surface area contributed by atoms with Gasteiger partial charge in [0.15, 0.2) is 0 Å². The fraction of sp³-hybridized carbons (Fsp3) is 0.364. The minimum Gasteiger partial charge on any atom is -0.381 e. The molecule has 16 heavy (non-hydrogen) atoms. The van der Waals surface area contributed by atoms with Crippen molar-refractivity contribution in [2.24, 2.45) is 5.16 Å². The Morgan fingerprint density at radius 1 is 1.44 bits per heavy atom. The molecule has 2 unspecified atom stereocenters. The van der Waals surface area contributed by atoms with Crippen LogP contribution in [0.25, 0.3) is 0 Å². The van der Waals surface area contributed by atoms with E-state index in [9.17, 15) is 5.11 Å². The Morgan fingerprint density at radius 3 is 2.62 bits per heavy atom. The number of hydrogen-bond donors (Lipinski definition) is 1. The number of benzene rings is 1. The van der Waals surface area contributed by atoms with E-state index >= 15 is 0 Å². The highest BCUT2D eigenvalue weighted by atomic mass is 35.5. The molecule has 1 aromatic rings. The summed E-state index contributed by atoms with van der Waals surface area (Å²) in [6, 6.07) is 6.99. The molecule has 0 bridgehead atoms. The fourth-order valence-electron chi connectivity index (χ4n) is 1.64. The number of hydrogen-bond acceptors (Lipinski definition) is 4. The van der Waals surface area contributed by atoms with E-state index in [1.165, 1.54) is 7.11 Å². The van der Waals surface area contributed by atoms with Crippen LogP contribution in [0.4, 0.5) is 0 Å². The molecule has 1 N–H and O–H groups in total. The van der Waals surface area contributed by atoms with Crippen LogP contribution in [-0.4, -0.2) is 23.7 Å². The van der Waals surface area contributed by atoms with Crippen molar-refractivity contribution >= 4 is 17.3 Å². The molecule has 1 aromatic carbocycles. The summed E-state index contributed by atoms with van der Waals surface area (Å²) >= 11 is 5.79. The van der Waals surface area contributed by atoms with E-state index in [1.807, 2.05) is 0 Å². The van der Waals surface area contributed by atoms with Gasteiger partial charge in [0.1, 0.15) is 5.71 Å². The quantitative estimate of drug-likeness (QED) is 0.807. The van der Waals surface area contributed by atoms with E-state index in [4.69, 9.17) is 21.2 Å². The van der Waals surface area contributed by atoms with Gasteiger partial charge < -0.3 is 14.7 Å². The van der Waals surface area contributed by atoms with Crippen molar-refractivity contribution in [3.63, 3.8) is 0 Å². The molecule has 1 aliphatic heterocycles. The Morgan fingerprint density at radius 2 is 2.06 bits per heavy atom. The maximum Gasteiger partial charge on any atom is 0.254 e. The largest absolute Gasteiger partial charge is 0.381 e. The van der Waals surface area contributed by atoms with Crippen LogP contribution in [0.2, 0.25) is 5.02 Å². The summed E-state index contributed by atoms with van der Waals surface area (Å²) in [4.78, 5) is 5.17. The predicted octanol–water partition coefficient (Wildman–Crippen LogP) is 2.12. The monoisotopic (exact) mass is 241 g/mol. The van der Waals surface area contributed by atoms with E-state index in [2.05, 4.69) is 5.16 Å². The Hall–Kier alpha value is -1.10. The van der Waals surface area contributed by atoms with Gasteiger partial charge in [-0.05, 0) is 19.1 Å². The lowest BCUT2D eigenvalue weighted by atomic mass is 9.99. The molecule has 1 heterocycles. The van der Waals surface area contributed by atoms with Crippen LogP contribution in [0.5, 0.6) is 0 Å². The molecule has 0 fully saturated rings. The van der Waals surface area contributed by atoms with Crippen LogP contribution < -0.4 is 0 Å². The van der Waals surface area contributed by atoms with Gasteiger partial charge in [-0.25, -0.2) is 0 Å². The number of halogens is 1. The molecular weight excluding hydrogens is 230 g/mol. The van der Waals surface area contributed by atoms with Crippen LogP contribution in [0.3, 0.4) is 0 Å². The number of rotatable bonds is 2. The summed E-state index contributed by atoms with van der Waals surface area (Å²) in [6.45, 7) is 1.65. The second-order valence-electron chi connectivity index (χ2n) is 3.61. The van der Waals surface area contributed by atoms with Gasteiger partial charge in [-0.15, -0.1) is 0 Å². The van der Waals surface area contributed by atoms with Crippen molar-refractivity contribution in [2.45, 2.75) is 18.8 Å². The summed E-state index contributed by atoms with van der Waals surface area (Å²) in [7, 11) is 1.41. The molecule has 0 radical (unpaired) electrons. The van der Waals surface area contributed by atoms with E-state index < -0.39 is 11.9 Å². The van der Waals surface area contributed by atoms with Gasteiger partial charge in [0, 0.05) is 17.7 Å². The van der Waals surface area contributed by atoms with Gasteiger partial charge in [0.25, 0.3) is 5.79 Å². The molecule has 1 aliphatic rings. The predicted molar refractivity (Wildman–Crippen MR) is 60.3 cm³/mol. The van der Waals surface area contributed by atoms with Crippen molar-refractivity contribution in [1.29, 1.82) is 0 Å². The third kappa shape index (κ3) is 1.69. The van der Waals surface area contributed by atoms with Gasteiger partial charge in [-0.1, -0.05) is 28.9 Å². The molecular formula is C11H12ClNO3. The van der Waals surface area contributed by atoms with Crippen LogP contribution in [-0.2, 0) is 9.57 Å². The lowest BCUT2D eigenvalue weighted by Crippen LogP contribution is -2.41. The Bertz CT molecular complexity index is 418. The Balaban J connectivity index is 2.33. The molecule has 5 heteroatoms. The number of oxime groups is 1. The first kappa shape index (κ1) is 11.4. The normalized spacial score (nSPS) is 28.8. The minimum absolute atomic E-state index is 0.398. The van der Waals surface area contributed by atoms with Crippen molar-refractivity contribution in [3.05, 3.63) is 34.9 Å². The summed E-state index contributed by atoms with van der Waals surface area (Å²) in [5, 5.41) is 14.6. The van der Waals surface area contributed by atoms with E-state index in [-0.39, 0.29) is 0 Å². The van der Waals surface area contributed by atoms with Crippen LogP contribution in [0.15, 0.2) is 29.4 Å². The smallest absolute Gasteiger partial charge is 0.254 e. The first-order valence-corrected chi connectivity index (χ1v) is 5.19. The summed E-state index contributed by atoms with van der Waals surface area (Å²) in [5.41, 5.74) is 1.16. The number of methoxy groups -OCH3 is 1. The Labute approximate surface area is 98.4 Å². The molecule has 4 nitrogen and oxygen atoms in total. The van der Waals surface area contributed by atoms with Crippen molar-refractivity contribution in [3.8, 4) is 0 Å². The third-order valence-corrected chi connectivity index (χ3v) is 2.90. The van der Waals surface area contributed by atoms with Crippen LogP contribution in [0, 0.1) is 0 Å². The number of ether oxygens (including phenoxy) is 1. The molecule has 0 saturated heterocycles. The summed E-state index contributed by atoms with van der Waals surface area (Å²) in [5.74, 6) is -1.51. The Kier molecular flexibility index (Phi) is 2.88. The lowest BCUT2D eigenvalue weighted by Gasteiger charge is -2.26. The summed E-state index contributed by atoms with van der Waals surface area (Å²) < 4.78 is 5.07. The van der Waals surface area contributed by atoms with Crippen molar-refractivity contribution < 1.29 is 14.7 Å². The highest BCUT2D eigenvalue weighted by molar-refractivity contribution is 6.30. The second-order valence-corrected chi connectivity index (χ2v) is 4.05. The average Bonchev–Trinajstić information content (AvgIpc) is 2.58. The first-order chi connectivity index (χ1) is 7.58. The molecule has 2 rings (SSSR count). The first-order valence-electron chi connectivity index (χ1n) is 4.82. The molecule has 0 saturated carbocycles. The standard InChI is InChI=1S/C11H12ClNO3/c1-7-11(14,15-2)10(16-13-7)8-3-5-9(12)6-4-8/h3-6,10,14H,1-2H3. The zero-order chi connectivity index (χ0) is 11.8. The maximum atomic E-state index is 10.2. The molecule has 0 aromatic heterocycles. The highest BCUT2D eigenvalue weighted by Crippen LogP contribution is 2.36. The van der Waals surface area contributed by atoms with Gasteiger partial charge in [0.2, 0.25) is 6.10 Å². The van der Waals surface area contributed by atoms with Gasteiger partial charge >= 0.3 is 0 Å². The topological polar surface area (TPSA) is 51.0 Å². The third-order valence-electron chi connectivity index (χ3n) is 2.65. The van der Waals surface area contributed by atoms with E-state index in [0.29, 0.717) is 10.7 Å². The van der Waals surface area contributed by atoms with Crippen molar-refractivity contribution in [2.75, 3.05) is 7.11 Å². The van der Waals surface area contributed by atoms with E-state index in [0.717, 1.165) is 5.56 Å². The molecule has 0 amide bonds. The van der Waals surface area contributed by atoms with Gasteiger partial charge in [0.05, 0.1) is 0 Å². The van der Waals surface area contributed by atoms with Crippen molar-refractivity contribution in [1.82, 2.24) is 0 Å². The number of aliphatic hydroxyl groups is 1. The van der Waals surface area contributed by atoms with E-state index in [1.54, 1.807) is 31.2 Å². The molecule has 0 spiro atoms. The molecule has 2 atom stereocenters. The average molecular weight is 242 g/mol. The maximum absolute atomic E-state index is 10.2. The van der Waals surface area contributed by atoms with Gasteiger partial charge in [-0.2, -0.15) is 0 Å².